The second kappa shape index (κ2) is 8.77. The molecule has 8 heteroatoms. The van der Waals surface area contributed by atoms with Crippen LogP contribution in [0.1, 0.15) is 37.2 Å². The lowest BCUT2D eigenvalue weighted by Gasteiger charge is -2.19. The van der Waals surface area contributed by atoms with Crippen molar-refractivity contribution in [1.29, 1.82) is 0 Å². The Kier molecular flexibility index (Phi) is 5.90. The molecule has 0 fully saturated rings. The molecular formula is C23H23N3O4S. The summed E-state index contributed by atoms with van der Waals surface area (Å²) in [6.45, 7) is 6.36. The minimum Gasteiger partial charge on any atom is -0.482 e. The Morgan fingerprint density at radius 1 is 1.26 bits per heavy atom. The van der Waals surface area contributed by atoms with E-state index in [0.717, 1.165) is 21.7 Å². The lowest BCUT2D eigenvalue weighted by Crippen LogP contribution is -2.25. The van der Waals surface area contributed by atoms with Crippen LogP contribution in [0.2, 0.25) is 0 Å². The molecule has 160 valence electrons. The van der Waals surface area contributed by atoms with Gasteiger partial charge in [-0.05, 0) is 63.2 Å². The van der Waals surface area contributed by atoms with Crippen molar-refractivity contribution >= 4 is 34.6 Å². The van der Waals surface area contributed by atoms with E-state index in [4.69, 9.17) is 14.5 Å². The number of hydrogen-bond acceptors (Lipinski definition) is 6. The predicted octanol–water partition coefficient (Wildman–Crippen LogP) is 4.54. The monoisotopic (exact) mass is 437 g/mol. The maximum Gasteiger partial charge on any atom is 0.338 e. The summed E-state index contributed by atoms with van der Waals surface area (Å²) in [5.74, 6) is 0.170. The molecule has 0 radical (unpaired) electrons. The van der Waals surface area contributed by atoms with Crippen LogP contribution in [0.4, 0.5) is 11.4 Å². The normalized spacial score (nSPS) is 13.5. The van der Waals surface area contributed by atoms with E-state index >= 15 is 0 Å². The van der Waals surface area contributed by atoms with Gasteiger partial charge in [0.2, 0.25) is 0 Å². The third-order valence-electron chi connectivity index (χ3n) is 4.77. The second-order valence-corrected chi connectivity index (χ2v) is 8.13. The van der Waals surface area contributed by atoms with E-state index in [1.165, 1.54) is 11.3 Å². The number of thiazole rings is 1. The van der Waals surface area contributed by atoms with E-state index in [2.05, 4.69) is 29.1 Å². The van der Waals surface area contributed by atoms with Crippen LogP contribution in [0.25, 0.3) is 11.3 Å². The molecule has 1 N–H and O–H groups in total. The van der Waals surface area contributed by atoms with Gasteiger partial charge in [0, 0.05) is 17.0 Å². The zero-order valence-corrected chi connectivity index (χ0v) is 18.4. The maximum absolute atomic E-state index is 11.9. The third kappa shape index (κ3) is 4.39. The Balaban J connectivity index is 1.71. The summed E-state index contributed by atoms with van der Waals surface area (Å²) in [5.41, 5.74) is 3.89. The lowest BCUT2D eigenvalue weighted by molar-refractivity contribution is -0.118. The minimum absolute atomic E-state index is 0.0365. The van der Waals surface area contributed by atoms with Gasteiger partial charge in [-0.25, -0.2) is 9.79 Å². The van der Waals surface area contributed by atoms with E-state index in [1.54, 1.807) is 19.1 Å². The molecule has 0 spiro atoms. The molecule has 0 unspecified atom stereocenters. The molecule has 31 heavy (non-hydrogen) atoms. The highest BCUT2D eigenvalue weighted by Crippen LogP contribution is 2.33. The Labute approximate surface area is 184 Å². The van der Waals surface area contributed by atoms with Crippen LogP contribution in [-0.4, -0.2) is 29.7 Å². The van der Waals surface area contributed by atoms with Crippen molar-refractivity contribution in [1.82, 2.24) is 4.57 Å². The fourth-order valence-corrected chi connectivity index (χ4v) is 4.40. The molecule has 3 aromatic rings. The number of benzene rings is 2. The Morgan fingerprint density at radius 3 is 2.74 bits per heavy atom. The molecule has 2 aromatic carbocycles. The number of hydrogen-bond donors (Lipinski definition) is 1. The van der Waals surface area contributed by atoms with Gasteiger partial charge in [0.05, 0.1) is 29.2 Å². The zero-order chi connectivity index (χ0) is 22.0. The minimum atomic E-state index is -0.340. The number of fused-ring (bicyclic) bond motifs is 1. The first-order valence-corrected chi connectivity index (χ1v) is 10.9. The summed E-state index contributed by atoms with van der Waals surface area (Å²) >= 11 is 1.54. The number of esters is 1. The van der Waals surface area contributed by atoms with Crippen molar-refractivity contribution in [3.05, 3.63) is 58.2 Å². The van der Waals surface area contributed by atoms with Crippen molar-refractivity contribution < 1.29 is 19.1 Å². The first-order valence-electron chi connectivity index (χ1n) is 10.0. The van der Waals surface area contributed by atoms with Gasteiger partial charge in [-0.2, -0.15) is 0 Å². The number of amides is 1. The summed E-state index contributed by atoms with van der Waals surface area (Å²) < 4.78 is 12.6. The van der Waals surface area contributed by atoms with Crippen LogP contribution < -0.4 is 14.9 Å². The number of aromatic nitrogens is 1. The molecule has 4 rings (SSSR count). The zero-order valence-electron chi connectivity index (χ0n) is 17.5. The molecule has 2 heterocycles. The average Bonchev–Trinajstić information content (AvgIpc) is 3.17. The number of carbonyl (C=O) groups is 2. The molecule has 0 saturated carbocycles. The van der Waals surface area contributed by atoms with Gasteiger partial charge >= 0.3 is 5.97 Å². The molecule has 1 aliphatic rings. The number of nitrogens with one attached hydrogen (secondary N) is 1. The van der Waals surface area contributed by atoms with E-state index in [-0.39, 0.29) is 24.5 Å². The molecular weight excluding hydrogens is 414 g/mol. The molecule has 7 nitrogen and oxygen atoms in total. The van der Waals surface area contributed by atoms with Crippen molar-refractivity contribution in [2.75, 3.05) is 18.5 Å². The third-order valence-corrected chi connectivity index (χ3v) is 5.61. The molecule has 1 aliphatic heterocycles. The first-order chi connectivity index (χ1) is 15.0. The largest absolute Gasteiger partial charge is 0.482 e. The smallest absolute Gasteiger partial charge is 0.338 e. The fraction of sp³-hybridized carbons (Fsp3) is 0.261. The van der Waals surface area contributed by atoms with E-state index < -0.39 is 0 Å². The summed E-state index contributed by atoms with van der Waals surface area (Å²) in [7, 11) is 0. The first kappa shape index (κ1) is 20.9. The molecule has 0 bridgehead atoms. The van der Waals surface area contributed by atoms with Gasteiger partial charge in [-0.1, -0.05) is 0 Å². The standard InChI is InChI=1S/C23H23N3O4S/c1-4-29-22(28)15-5-8-17(9-6-15)24-23-26(14(2)3)19(13-31-23)16-7-10-20-18(11-16)25-21(27)12-30-20/h5-11,13-14H,4,12H2,1-3H3,(H,25,27). The summed E-state index contributed by atoms with van der Waals surface area (Å²) in [4.78, 5) is 29.2. The van der Waals surface area contributed by atoms with Crippen LogP contribution in [0.15, 0.2) is 52.8 Å². The van der Waals surface area contributed by atoms with Gasteiger partial charge in [0.1, 0.15) is 5.75 Å². The van der Waals surface area contributed by atoms with Crippen molar-refractivity contribution in [3.63, 3.8) is 0 Å². The van der Waals surface area contributed by atoms with Crippen LogP contribution in [0.5, 0.6) is 5.75 Å². The van der Waals surface area contributed by atoms with Gasteiger partial charge < -0.3 is 19.4 Å². The van der Waals surface area contributed by atoms with Gasteiger partial charge in [0.15, 0.2) is 11.4 Å². The summed E-state index contributed by atoms with van der Waals surface area (Å²) in [5, 5.41) is 4.91. The lowest BCUT2D eigenvalue weighted by atomic mass is 10.1. The quantitative estimate of drug-likeness (QED) is 0.594. The molecule has 0 saturated heterocycles. The van der Waals surface area contributed by atoms with Crippen molar-refractivity contribution in [2.24, 2.45) is 4.99 Å². The average molecular weight is 438 g/mol. The van der Waals surface area contributed by atoms with Gasteiger partial charge in [-0.3, -0.25) is 4.79 Å². The van der Waals surface area contributed by atoms with Crippen LogP contribution in [0.3, 0.4) is 0 Å². The van der Waals surface area contributed by atoms with Crippen LogP contribution in [0, 0.1) is 0 Å². The molecule has 0 atom stereocenters. The predicted molar refractivity (Wildman–Crippen MR) is 120 cm³/mol. The maximum atomic E-state index is 11.9. The molecule has 1 aromatic heterocycles. The van der Waals surface area contributed by atoms with Gasteiger partial charge in [-0.15, -0.1) is 11.3 Å². The summed E-state index contributed by atoms with van der Waals surface area (Å²) in [6, 6.07) is 13.0. The fourth-order valence-electron chi connectivity index (χ4n) is 3.35. The summed E-state index contributed by atoms with van der Waals surface area (Å²) in [6.07, 6.45) is 0. The van der Waals surface area contributed by atoms with Crippen molar-refractivity contribution in [3.8, 4) is 17.0 Å². The van der Waals surface area contributed by atoms with Crippen LogP contribution >= 0.6 is 11.3 Å². The Bertz CT molecular complexity index is 1190. The number of carbonyl (C=O) groups excluding carboxylic acids is 2. The second-order valence-electron chi connectivity index (χ2n) is 7.29. The molecule has 1 amide bonds. The number of ether oxygens (including phenoxy) is 2. The van der Waals surface area contributed by atoms with E-state index in [9.17, 15) is 9.59 Å². The number of rotatable bonds is 5. The molecule has 0 aliphatic carbocycles. The topological polar surface area (TPSA) is 81.9 Å². The highest BCUT2D eigenvalue weighted by Gasteiger charge is 2.18. The van der Waals surface area contributed by atoms with Gasteiger partial charge in [0.25, 0.3) is 5.91 Å². The number of nitrogens with zero attached hydrogens (tertiary/aromatic N) is 2. The SMILES string of the molecule is CCOC(=O)c1ccc(N=c2scc(-c3ccc4c(c3)NC(=O)CO4)n2C(C)C)cc1. The number of anilines is 1. The Morgan fingerprint density at radius 2 is 2.03 bits per heavy atom. The van der Waals surface area contributed by atoms with Crippen LogP contribution in [-0.2, 0) is 9.53 Å². The Hall–Kier alpha value is -3.39. The van der Waals surface area contributed by atoms with Crippen molar-refractivity contribution in [2.45, 2.75) is 26.8 Å². The van der Waals surface area contributed by atoms with E-state index in [0.29, 0.717) is 23.6 Å². The highest BCUT2D eigenvalue weighted by atomic mass is 32.1. The highest BCUT2D eigenvalue weighted by molar-refractivity contribution is 7.07. The van der Waals surface area contributed by atoms with E-state index in [1.807, 2.05) is 30.3 Å².